The molecule has 0 unspecified atom stereocenters. The lowest BCUT2D eigenvalue weighted by Crippen LogP contribution is -2.16. The van der Waals surface area contributed by atoms with E-state index in [1.165, 1.54) is 12.8 Å². The fourth-order valence-electron chi connectivity index (χ4n) is 8.07. The molecule has 0 saturated heterocycles. The Bertz CT molecular complexity index is 3140. The van der Waals surface area contributed by atoms with E-state index in [0.29, 0.717) is 22.3 Å². The molecule has 6 aromatic rings. The zero-order chi connectivity index (χ0) is 53.1. The molecule has 0 heterocycles. The minimum absolute atomic E-state index is 0.206. The lowest BCUT2D eigenvalue weighted by atomic mass is 9.89. The van der Waals surface area contributed by atoms with E-state index in [1.54, 1.807) is 0 Å². The van der Waals surface area contributed by atoms with Gasteiger partial charge in [0.15, 0.2) is 0 Å². The van der Waals surface area contributed by atoms with Gasteiger partial charge in [-0.2, -0.15) is 0 Å². The third kappa shape index (κ3) is 16.8. The first-order chi connectivity index (χ1) is 35.5. The Morgan fingerprint density at radius 2 is 0.662 bits per heavy atom. The van der Waals surface area contributed by atoms with E-state index in [0.717, 1.165) is 107 Å². The normalized spacial score (nSPS) is 10.5. The molecule has 74 heavy (non-hydrogen) atoms. The molecule has 6 aromatic carbocycles. The highest BCUT2D eigenvalue weighted by atomic mass is 28.3. The summed E-state index contributed by atoms with van der Waals surface area (Å²) in [7, 11) is -3.14. The molecule has 0 spiro atoms. The van der Waals surface area contributed by atoms with Crippen LogP contribution < -0.4 is 0 Å². The number of aromatic carboxylic acids is 2. The summed E-state index contributed by atoms with van der Waals surface area (Å²) in [6.07, 6.45) is 10.6. The molecule has 0 aliphatic heterocycles. The van der Waals surface area contributed by atoms with Crippen molar-refractivity contribution in [2.45, 2.75) is 117 Å². The second-order valence-electron chi connectivity index (χ2n) is 20.5. The van der Waals surface area contributed by atoms with Crippen LogP contribution in [0.25, 0.3) is 44.5 Å². The van der Waals surface area contributed by atoms with Gasteiger partial charge < -0.3 is 10.2 Å². The molecule has 4 nitrogen and oxygen atoms in total. The Balaban J connectivity index is 1.28. The van der Waals surface area contributed by atoms with E-state index >= 15 is 0 Å². The van der Waals surface area contributed by atoms with Gasteiger partial charge in [0.05, 0.1) is 11.1 Å². The van der Waals surface area contributed by atoms with Gasteiger partial charge in [-0.15, -0.1) is 11.1 Å². The summed E-state index contributed by atoms with van der Waals surface area (Å²) in [6, 6.07) is 38.2. The van der Waals surface area contributed by atoms with Crippen LogP contribution in [0.3, 0.4) is 0 Å². The number of carboxylic acids is 2. The molecule has 0 atom stereocenters. The van der Waals surface area contributed by atoms with E-state index in [9.17, 15) is 19.8 Å². The Morgan fingerprint density at radius 1 is 0.378 bits per heavy atom. The van der Waals surface area contributed by atoms with Gasteiger partial charge in [-0.1, -0.05) is 188 Å². The number of unbranched alkanes of at least 4 members (excludes halogenated alkanes) is 8. The smallest absolute Gasteiger partial charge is 0.336 e. The number of carboxylic acid groups (broad SMARTS) is 2. The standard InChI is InChI=1S/C68H66O4Si2/c1-9-11-13-15-17-19-25-55-47-61(65(67(69)70)63(49-55)59-39-31-53(32-40-59)43-45-73(3,4)5)57-35-27-51(28-36-57)23-21-22-24-52-29-37-58(38-30-52)62-48-56(26-20-18-16-14-12-10-2)50-64(66(62)68(71)72)60-41-33-54(34-42-60)44-46-74(6,7)8/h27-42,47-50H,9-18H2,1-8H3,(H,69,70)(H,71,72). The molecule has 0 radical (unpaired) electrons. The lowest BCUT2D eigenvalue weighted by Gasteiger charge is -2.14. The van der Waals surface area contributed by atoms with Crippen molar-refractivity contribution in [2.75, 3.05) is 0 Å². The van der Waals surface area contributed by atoms with Gasteiger partial charge in [0.2, 0.25) is 0 Å². The molecular formula is C68H66O4Si2. The lowest BCUT2D eigenvalue weighted by molar-refractivity contribution is 0.0687. The Hall–Kier alpha value is -7.95. The van der Waals surface area contributed by atoms with Gasteiger partial charge in [-0.05, 0) is 142 Å². The SMILES string of the molecule is CCCCCCC#Cc1cc(-c2ccc(C#CC#Cc3ccc(-c4cc(C#CCCCCCC)cc(-c5ccc(C#C[Si](C)(C)C)cc5)c4C(=O)O)cc3)cc2)c(C(=O)O)c(-c2ccc(C#C[Si](C)(C)C)cc2)c1. The highest BCUT2D eigenvalue weighted by molar-refractivity contribution is 6.84. The van der Waals surface area contributed by atoms with Crippen molar-refractivity contribution in [3.8, 4) is 115 Å². The van der Waals surface area contributed by atoms with E-state index in [4.69, 9.17) is 0 Å². The Kier molecular flexibility index (Phi) is 19.9. The highest BCUT2D eigenvalue weighted by Crippen LogP contribution is 2.36. The average Bonchev–Trinajstić information content (AvgIpc) is 3.38. The van der Waals surface area contributed by atoms with Gasteiger partial charge >= 0.3 is 11.9 Å². The molecule has 6 rings (SSSR count). The monoisotopic (exact) mass is 1000 g/mol. The molecule has 6 heteroatoms. The minimum Gasteiger partial charge on any atom is -0.478 e. The summed E-state index contributed by atoms with van der Waals surface area (Å²) in [4.78, 5) is 26.2. The summed E-state index contributed by atoms with van der Waals surface area (Å²) in [6.45, 7) is 17.6. The molecule has 0 aliphatic rings. The predicted octanol–water partition coefficient (Wildman–Crippen LogP) is 16.3. The van der Waals surface area contributed by atoms with Gasteiger partial charge in [-0.3, -0.25) is 0 Å². The molecule has 2 N–H and O–H groups in total. The van der Waals surface area contributed by atoms with Crippen molar-refractivity contribution in [2.24, 2.45) is 0 Å². The summed E-state index contributed by atoms with van der Waals surface area (Å²) in [5, 5.41) is 21.4. The maximum absolute atomic E-state index is 13.1. The Morgan fingerprint density at radius 3 is 0.919 bits per heavy atom. The van der Waals surface area contributed by atoms with Gasteiger partial charge in [0.25, 0.3) is 0 Å². The van der Waals surface area contributed by atoms with Crippen LogP contribution >= 0.6 is 0 Å². The number of rotatable bonds is 14. The maximum atomic E-state index is 13.1. The van der Waals surface area contributed by atoms with Crippen LogP contribution in [0, 0.1) is 70.3 Å². The first-order valence-corrected chi connectivity index (χ1v) is 32.8. The molecule has 0 aromatic heterocycles. The van der Waals surface area contributed by atoms with Crippen LogP contribution in [-0.4, -0.2) is 38.3 Å². The summed E-state index contributed by atoms with van der Waals surface area (Å²) in [5.74, 6) is 30.1. The summed E-state index contributed by atoms with van der Waals surface area (Å²) >= 11 is 0. The van der Waals surface area contributed by atoms with Crippen molar-refractivity contribution < 1.29 is 19.8 Å². The molecular weight excluding hydrogens is 937 g/mol. The first-order valence-electron chi connectivity index (χ1n) is 25.8. The van der Waals surface area contributed by atoms with E-state index in [1.807, 2.05) is 121 Å². The van der Waals surface area contributed by atoms with Crippen LogP contribution in [0.15, 0.2) is 121 Å². The van der Waals surface area contributed by atoms with Crippen LogP contribution in [-0.2, 0) is 0 Å². The summed E-state index contributed by atoms with van der Waals surface area (Å²) in [5.41, 5.74) is 17.4. The molecule has 370 valence electrons. The molecule has 0 bridgehead atoms. The second-order valence-corrected chi connectivity index (χ2v) is 30.0. The fraction of sp³-hybridized carbons (Fsp3) is 0.265. The molecule has 0 fully saturated rings. The number of carbonyl (C=O) groups is 2. The average molecular weight is 1000 g/mol. The van der Waals surface area contributed by atoms with Crippen molar-refractivity contribution in [1.82, 2.24) is 0 Å². The van der Waals surface area contributed by atoms with E-state index < -0.39 is 28.1 Å². The fourth-order valence-corrected chi connectivity index (χ4v) is 9.11. The summed E-state index contributed by atoms with van der Waals surface area (Å²) < 4.78 is 0. The van der Waals surface area contributed by atoms with Gasteiger partial charge in [-0.25, -0.2) is 9.59 Å². The predicted molar refractivity (Wildman–Crippen MR) is 314 cm³/mol. The highest BCUT2D eigenvalue weighted by Gasteiger charge is 2.22. The molecule has 0 saturated carbocycles. The quantitative estimate of drug-likeness (QED) is 0.0648. The van der Waals surface area contributed by atoms with Gasteiger partial charge in [0, 0.05) is 46.2 Å². The molecule has 0 amide bonds. The third-order valence-electron chi connectivity index (χ3n) is 11.9. The zero-order valence-electron chi connectivity index (χ0n) is 44.3. The topological polar surface area (TPSA) is 74.6 Å². The number of benzene rings is 6. The number of hydrogen-bond acceptors (Lipinski definition) is 2. The van der Waals surface area contributed by atoms with Gasteiger partial charge in [0.1, 0.15) is 16.1 Å². The van der Waals surface area contributed by atoms with Crippen molar-refractivity contribution in [3.63, 3.8) is 0 Å². The van der Waals surface area contributed by atoms with Crippen molar-refractivity contribution in [3.05, 3.63) is 166 Å². The largest absolute Gasteiger partial charge is 0.478 e. The van der Waals surface area contributed by atoms with E-state index in [2.05, 4.69) is 123 Å². The zero-order valence-corrected chi connectivity index (χ0v) is 46.3. The maximum Gasteiger partial charge on any atom is 0.336 e. The first kappa shape index (κ1) is 55.4. The number of hydrogen-bond donors (Lipinski definition) is 2. The van der Waals surface area contributed by atoms with E-state index in [-0.39, 0.29) is 11.1 Å². The van der Waals surface area contributed by atoms with Crippen LogP contribution in [0.5, 0.6) is 0 Å². The Labute approximate surface area is 443 Å². The van der Waals surface area contributed by atoms with Crippen LogP contribution in [0.4, 0.5) is 0 Å². The molecule has 0 aliphatic carbocycles. The van der Waals surface area contributed by atoms with Crippen molar-refractivity contribution >= 4 is 28.1 Å². The van der Waals surface area contributed by atoms with Crippen LogP contribution in [0.1, 0.15) is 132 Å². The third-order valence-corrected chi connectivity index (χ3v) is 13.7. The van der Waals surface area contributed by atoms with Crippen LogP contribution in [0.2, 0.25) is 39.3 Å². The van der Waals surface area contributed by atoms with Crippen molar-refractivity contribution in [1.29, 1.82) is 0 Å². The second kappa shape index (κ2) is 26.7. The minimum atomic E-state index is -1.57.